The molecule has 0 aliphatic carbocycles. The quantitative estimate of drug-likeness (QED) is 0.380. The molecule has 0 atom stereocenters. The first-order chi connectivity index (χ1) is 2.00. The van der Waals surface area contributed by atoms with Gasteiger partial charge in [-0.3, -0.25) is 0 Å². The normalized spacial score (nSPS) is 11.8. The minimum atomic E-state index is -1.60. The predicted molar refractivity (Wildman–Crippen MR) is 28.8 cm³/mol. The molecule has 1 nitrogen and oxygen atoms in total. The van der Waals surface area contributed by atoms with E-state index in [1.165, 1.54) is 0 Å². The van der Waals surface area contributed by atoms with Gasteiger partial charge in [-0.25, -0.2) is 0 Å². The van der Waals surface area contributed by atoms with Crippen molar-refractivity contribution in [3.05, 3.63) is 0 Å². The summed E-state index contributed by atoms with van der Waals surface area (Å²) in [7, 11) is -1.60. The van der Waals surface area contributed by atoms with Gasteiger partial charge in [0.25, 0.3) is 0 Å². The third-order valence-corrected chi connectivity index (χ3v) is 0. The van der Waals surface area contributed by atoms with E-state index in [9.17, 15) is 4.21 Å². The van der Waals surface area contributed by atoms with Crippen LogP contribution in [0.4, 0.5) is 0 Å². The van der Waals surface area contributed by atoms with Crippen molar-refractivity contribution in [1.29, 1.82) is 0 Å². The van der Waals surface area contributed by atoms with Crippen LogP contribution in [0.1, 0.15) is 0 Å². The zero-order chi connectivity index (χ0) is 4.50. The molecule has 0 spiro atoms. The molecule has 0 saturated carbocycles. The summed E-state index contributed by atoms with van der Waals surface area (Å²) in [5, 5.41) is 0. The maximum Gasteiger partial charge on any atom is 0.233 e. The van der Waals surface area contributed by atoms with Crippen LogP contribution in [0.2, 0.25) is 0 Å². The lowest BCUT2D eigenvalue weighted by Crippen LogP contribution is -1.86. The maximum atomic E-state index is 10.1. The van der Waals surface area contributed by atoms with Crippen molar-refractivity contribution >= 4 is 23.2 Å². The summed E-state index contributed by atoms with van der Waals surface area (Å²) in [6, 6.07) is 0. The van der Waals surface area contributed by atoms with E-state index < -0.39 is 8.37 Å². The Kier molecular flexibility index (Phi) is 1.56. The smallest absolute Gasteiger partial charge is 0.0938 e. The van der Waals surface area contributed by atoms with E-state index in [4.69, 9.17) is 0 Å². The fourth-order valence-corrected chi connectivity index (χ4v) is 0. The van der Waals surface area contributed by atoms with E-state index in [1.807, 2.05) is 0 Å². The molecule has 0 aliphatic rings. The van der Waals surface area contributed by atoms with Gasteiger partial charge in [-0.15, -0.1) is 0 Å². The van der Waals surface area contributed by atoms with E-state index in [2.05, 4.69) is 14.8 Å². The van der Waals surface area contributed by atoms with Crippen molar-refractivity contribution in [2.75, 3.05) is 12.5 Å². The van der Waals surface area contributed by atoms with Crippen LogP contribution in [-0.4, -0.2) is 12.5 Å². The SMILES string of the molecule is C[S+](C)(=O)Br. The van der Waals surface area contributed by atoms with Crippen molar-refractivity contribution < 1.29 is 4.21 Å². The Bertz CT molecular complexity index is 55.8. The standard InChI is InChI=1S/C2H6BrOS/c1-5(2,3)4/h1-2H3/q+1. The second-order valence-electron chi connectivity index (χ2n) is 1.11. The van der Waals surface area contributed by atoms with Crippen LogP contribution in [0.5, 0.6) is 0 Å². The number of halogens is 1. The van der Waals surface area contributed by atoms with Crippen molar-refractivity contribution in [2.24, 2.45) is 0 Å². The van der Waals surface area contributed by atoms with Crippen molar-refractivity contribution in [1.82, 2.24) is 0 Å². The molecule has 0 rings (SSSR count). The minimum Gasteiger partial charge on any atom is -0.0938 e. The lowest BCUT2D eigenvalue weighted by atomic mass is 11.9. The molecule has 32 valence electrons. The summed E-state index contributed by atoms with van der Waals surface area (Å²) in [5.74, 6) is 0. The topological polar surface area (TPSA) is 17.1 Å². The van der Waals surface area contributed by atoms with Gasteiger partial charge in [0.1, 0.15) is 20.9 Å². The van der Waals surface area contributed by atoms with E-state index >= 15 is 0 Å². The first-order valence-electron chi connectivity index (χ1n) is 1.14. The summed E-state index contributed by atoms with van der Waals surface area (Å²) in [4.78, 5) is 0. The first-order valence-corrected chi connectivity index (χ1v) is 5.35. The molecule has 0 unspecified atom stereocenters. The number of hydrogen-bond acceptors (Lipinski definition) is 1. The highest BCUT2D eigenvalue weighted by Crippen LogP contribution is 2.00. The average Bonchev–Trinajstić information content (AvgIpc) is 0.722. The molecular formula is C2H6BrOS+. The molecule has 3 heteroatoms. The molecule has 0 bridgehead atoms. The summed E-state index contributed by atoms with van der Waals surface area (Å²) in [5.41, 5.74) is 0. The number of rotatable bonds is 0. The predicted octanol–water partition coefficient (Wildman–Crippen LogP) is 1.06. The molecule has 0 heterocycles. The van der Waals surface area contributed by atoms with Crippen molar-refractivity contribution in [3.8, 4) is 0 Å². The van der Waals surface area contributed by atoms with Crippen LogP contribution in [0, 0.1) is 0 Å². The minimum absolute atomic E-state index is 1.60. The second-order valence-corrected chi connectivity index (χ2v) is 8.02. The molecule has 0 saturated heterocycles. The first kappa shape index (κ1) is 5.63. The molecule has 0 N–H and O–H groups in total. The highest BCUT2D eigenvalue weighted by atomic mass is 79.9. The van der Waals surface area contributed by atoms with E-state index in [0.717, 1.165) is 0 Å². The highest BCUT2D eigenvalue weighted by molar-refractivity contribution is 9.49. The molecule has 5 heavy (non-hydrogen) atoms. The third kappa shape index (κ3) is 80.7. The number of hydrogen-bond donors (Lipinski definition) is 0. The molecule has 0 radical (unpaired) electrons. The lowest BCUT2D eigenvalue weighted by Gasteiger charge is -1.74. The molecule has 0 amide bonds. The summed E-state index contributed by atoms with van der Waals surface area (Å²) >= 11 is 2.90. The fourth-order valence-electron chi connectivity index (χ4n) is 0. The van der Waals surface area contributed by atoms with Crippen LogP contribution >= 0.6 is 14.8 Å². The Labute approximate surface area is 40.4 Å². The molecule has 0 aromatic carbocycles. The van der Waals surface area contributed by atoms with Gasteiger partial charge >= 0.3 is 0 Å². The van der Waals surface area contributed by atoms with Gasteiger partial charge in [-0.05, 0) is 0 Å². The van der Waals surface area contributed by atoms with Crippen LogP contribution in [-0.2, 0) is 12.6 Å². The van der Waals surface area contributed by atoms with Gasteiger partial charge in [0.15, 0.2) is 0 Å². The van der Waals surface area contributed by atoms with E-state index in [-0.39, 0.29) is 0 Å². The molecular weight excluding hydrogens is 152 g/mol. The van der Waals surface area contributed by atoms with E-state index in [0.29, 0.717) is 0 Å². The zero-order valence-electron chi connectivity index (χ0n) is 3.19. The molecule has 0 aromatic rings. The Balaban J connectivity index is 3.47. The van der Waals surface area contributed by atoms with Gasteiger partial charge in [0.05, 0.1) is 0 Å². The Morgan fingerprint density at radius 3 is 1.60 bits per heavy atom. The molecule has 0 fully saturated rings. The zero-order valence-corrected chi connectivity index (χ0v) is 5.60. The lowest BCUT2D eigenvalue weighted by molar-refractivity contribution is 0.599. The van der Waals surface area contributed by atoms with Crippen LogP contribution < -0.4 is 0 Å². The maximum absolute atomic E-state index is 10.1. The highest BCUT2D eigenvalue weighted by Gasteiger charge is 2.01. The Morgan fingerprint density at radius 2 is 1.60 bits per heavy atom. The van der Waals surface area contributed by atoms with Crippen molar-refractivity contribution in [2.45, 2.75) is 0 Å². The third-order valence-electron chi connectivity index (χ3n) is 0. The summed E-state index contributed by atoms with van der Waals surface area (Å²) in [6.45, 7) is 0. The summed E-state index contributed by atoms with van der Waals surface area (Å²) in [6.07, 6.45) is 3.26. The second kappa shape index (κ2) is 1.39. The monoisotopic (exact) mass is 157 g/mol. The van der Waals surface area contributed by atoms with Gasteiger partial charge in [-0.2, -0.15) is 0 Å². The Hall–Kier alpha value is 0.630. The van der Waals surface area contributed by atoms with E-state index in [1.54, 1.807) is 12.5 Å². The summed E-state index contributed by atoms with van der Waals surface area (Å²) < 4.78 is 10.1. The Morgan fingerprint density at radius 1 is 1.60 bits per heavy atom. The van der Waals surface area contributed by atoms with Crippen LogP contribution in [0.25, 0.3) is 0 Å². The van der Waals surface area contributed by atoms with Crippen molar-refractivity contribution in [3.63, 3.8) is 0 Å². The van der Waals surface area contributed by atoms with Gasteiger partial charge in [-0.1, -0.05) is 4.21 Å². The van der Waals surface area contributed by atoms with Gasteiger partial charge < -0.3 is 0 Å². The molecule has 0 aromatic heterocycles. The van der Waals surface area contributed by atoms with Gasteiger partial charge in [0.2, 0.25) is 14.8 Å². The van der Waals surface area contributed by atoms with Crippen LogP contribution in [0.3, 0.4) is 0 Å². The molecule has 0 aliphatic heterocycles. The largest absolute Gasteiger partial charge is 0.233 e. The van der Waals surface area contributed by atoms with Gasteiger partial charge in [0, 0.05) is 0 Å². The van der Waals surface area contributed by atoms with Crippen LogP contribution in [0.15, 0.2) is 0 Å². The average molecular weight is 158 g/mol. The fraction of sp³-hybridized carbons (Fsp3) is 1.00.